The summed E-state index contributed by atoms with van der Waals surface area (Å²) in [5.41, 5.74) is 7.77. The first kappa shape index (κ1) is 16.4. The summed E-state index contributed by atoms with van der Waals surface area (Å²) < 4.78 is 10.5. The molecule has 3 rings (SSSR count). The summed E-state index contributed by atoms with van der Waals surface area (Å²) in [6.07, 6.45) is 1.63. The van der Waals surface area contributed by atoms with Gasteiger partial charge in [-0.2, -0.15) is 0 Å². The predicted molar refractivity (Wildman–Crippen MR) is 92.9 cm³/mol. The van der Waals surface area contributed by atoms with Crippen LogP contribution in [0.4, 0.5) is 0 Å². The Balaban J connectivity index is 1.80. The number of carbonyl (C=O) groups is 2. The van der Waals surface area contributed by atoms with Crippen molar-refractivity contribution in [2.45, 2.75) is 6.92 Å². The van der Waals surface area contributed by atoms with Crippen LogP contribution in [0.15, 0.2) is 59.2 Å². The van der Waals surface area contributed by atoms with Crippen LogP contribution in [-0.2, 0) is 14.3 Å². The molecular weight excluding hydrogens is 320 g/mol. The zero-order valence-electron chi connectivity index (χ0n) is 13.6. The summed E-state index contributed by atoms with van der Waals surface area (Å²) in [5, 5.41) is 0. The van der Waals surface area contributed by atoms with E-state index in [1.54, 1.807) is 30.3 Å². The van der Waals surface area contributed by atoms with Crippen LogP contribution >= 0.6 is 0 Å². The highest BCUT2D eigenvalue weighted by molar-refractivity contribution is 6.13. The van der Waals surface area contributed by atoms with Gasteiger partial charge in [-0.1, -0.05) is 30.3 Å². The minimum absolute atomic E-state index is 0.184. The molecule has 1 aliphatic heterocycles. The fraction of sp³-hybridized carbons (Fsp3) is 0.105. The number of nitrogens with two attached hydrogens (primary N) is 1. The van der Waals surface area contributed by atoms with Crippen LogP contribution in [0.25, 0.3) is 6.08 Å². The molecule has 0 aromatic heterocycles. The largest absolute Gasteiger partial charge is 0.484 e. The molecule has 1 amide bonds. The third kappa shape index (κ3) is 3.92. The molecule has 0 aliphatic carbocycles. The van der Waals surface area contributed by atoms with Gasteiger partial charge >= 0.3 is 5.97 Å². The van der Waals surface area contributed by atoms with Gasteiger partial charge < -0.3 is 15.2 Å². The first-order valence-electron chi connectivity index (χ1n) is 7.62. The molecule has 0 atom stereocenters. The lowest BCUT2D eigenvalue weighted by Gasteiger charge is -2.03. The van der Waals surface area contributed by atoms with E-state index in [2.05, 4.69) is 4.99 Å². The first-order chi connectivity index (χ1) is 12.0. The summed E-state index contributed by atoms with van der Waals surface area (Å²) >= 11 is 0. The molecule has 0 fully saturated rings. The second-order valence-electron chi connectivity index (χ2n) is 5.47. The highest BCUT2D eigenvalue weighted by Crippen LogP contribution is 2.21. The van der Waals surface area contributed by atoms with Gasteiger partial charge in [0.2, 0.25) is 5.90 Å². The standard InChI is InChI=1S/C19H16N2O4/c1-12-4-2-3-5-15(12)18-21-16(19(23)25-18)10-13-6-8-14(9-7-13)24-11-17(20)22/h2-10H,11H2,1H3,(H2,20,22)/b16-10-. The zero-order valence-corrected chi connectivity index (χ0v) is 13.6. The zero-order chi connectivity index (χ0) is 17.8. The molecule has 1 aliphatic rings. The first-order valence-corrected chi connectivity index (χ1v) is 7.62. The highest BCUT2D eigenvalue weighted by Gasteiger charge is 2.24. The van der Waals surface area contributed by atoms with E-state index in [-0.39, 0.29) is 12.3 Å². The number of hydrogen-bond donors (Lipinski definition) is 1. The fourth-order valence-corrected chi connectivity index (χ4v) is 2.31. The third-order valence-corrected chi connectivity index (χ3v) is 3.56. The number of aryl methyl sites for hydroxylation is 1. The molecule has 0 saturated heterocycles. The number of carbonyl (C=O) groups excluding carboxylic acids is 2. The van der Waals surface area contributed by atoms with E-state index in [0.29, 0.717) is 11.6 Å². The molecule has 0 unspecified atom stereocenters. The number of benzene rings is 2. The number of aliphatic imine (C=N–C) groups is 1. The monoisotopic (exact) mass is 336 g/mol. The number of esters is 1. The van der Waals surface area contributed by atoms with Gasteiger partial charge in [0, 0.05) is 5.56 Å². The number of ether oxygens (including phenoxy) is 2. The molecule has 0 bridgehead atoms. The van der Waals surface area contributed by atoms with E-state index in [1.165, 1.54) is 0 Å². The van der Waals surface area contributed by atoms with Crippen LogP contribution in [0.5, 0.6) is 5.75 Å². The lowest BCUT2D eigenvalue weighted by molar-refractivity contribution is -0.130. The number of nitrogens with zero attached hydrogens (tertiary/aromatic N) is 1. The SMILES string of the molecule is Cc1ccccc1C1=N/C(=C\c2ccc(OCC(N)=O)cc2)C(=O)O1. The van der Waals surface area contributed by atoms with Crippen molar-refractivity contribution < 1.29 is 19.1 Å². The van der Waals surface area contributed by atoms with Crippen molar-refractivity contribution in [3.63, 3.8) is 0 Å². The lowest BCUT2D eigenvalue weighted by atomic mass is 10.1. The second kappa shape index (κ2) is 7.00. The van der Waals surface area contributed by atoms with Crippen LogP contribution in [0, 0.1) is 6.92 Å². The minimum Gasteiger partial charge on any atom is -0.484 e. The number of hydrogen-bond acceptors (Lipinski definition) is 5. The normalized spacial score (nSPS) is 15.0. The Labute approximate surface area is 144 Å². The quantitative estimate of drug-likeness (QED) is 0.669. The molecule has 2 N–H and O–H groups in total. The molecule has 0 saturated carbocycles. The van der Waals surface area contributed by atoms with Gasteiger partial charge in [-0.05, 0) is 42.3 Å². The Morgan fingerprint density at radius 1 is 1.20 bits per heavy atom. The van der Waals surface area contributed by atoms with Crippen molar-refractivity contribution in [1.82, 2.24) is 0 Å². The maximum absolute atomic E-state index is 12.0. The molecule has 126 valence electrons. The van der Waals surface area contributed by atoms with Crippen LogP contribution in [0.1, 0.15) is 16.7 Å². The Morgan fingerprint density at radius 3 is 2.60 bits per heavy atom. The van der Waals surface area contributed by atoms with Crippen LogP contribution in [-0.4, -0.2) is 24.4 Å². The maximum Gasteiger partial charge on any atom is 0.363 e. The molecular formula is C19H16N2O4. The highest BCUT2D eigenvalue weighted by atomic mass is 16.6. The Hall–Kier alpha value is -3.41. The van der Waals surface area contributed by atoms with E-state index in [1.807, 2.05) is 31.2 Å². The molecule has 6 heteroatoms. The van der Waals surface area contributed by atoms with Gasteiger partial charge in [-0.15, -0.1) is 0 Å². The van der Waals surface area contributed by atoms with Crippen molar-refractivity contribution in [1.29, 1.82) is 0 Å². The van der Waals surface area contributed by atoms with Gasteiger partial charge in [0.05, 0.1) is 0 Å². The fourth-order valence-electron chi connectivity index (χ4n) is 2.31. The summed E-state index contributed by atoms with van der Waals surface area (Å²) in [4.78, 5) is 27.0. The van der Waals surface area contributed by atoms with E-state index in [9.17, 15) is 9.59 Å². The van der Waals surface area contributed by atoms with E-state index in [4.69, 9.17) is 15.2 Å². The van der Waals surface area contributed by atoms with E-state index >= 15 is 0 Å². The lowest BCUT2D eigenvalue weighted by Crippen LogP contribution is -2.19. The van der Waals surface area contributed by atoms with Crippen molar-refractivity contribution in [3.8, 4) is 5.75 Å². The Kier molecular flexibility index (Phi) is 4.61. The van der Waals surface area contributed by atoms with Gasteiger partial charge in [0.15, 0.2) is 12.3 Å². The van der Waals surface area contributed by atoms with Crippen molar-refractivity contribution in [2.75, 3.05) is 6.61 Å². The summed E-state index contributed by atoms with van der Waals surface area (Å²) in [5.74, 6) is -0.222. The predicted octanol–water partition coefficient (Wildman–Crippen LogP) is 2.20. The van der Waals surface area contributed by atoms with Crippen LogP contribution < -0.4 is 10.5 Å². The molecule has 1 heterocycles. The van der Waals surface area contributed by atoms with Crippen LogP contribution in [0.2, 0.25) is 0 Å². The van der Waals surface area contributed by atoms with E-state index in [0.717, 1.165) is 16.7 Å². The maximum atomic E-state index is 12.0. The van der Waals surface area contributed by atoms with Gasteiger partial charge in [0.1, 0.15) is 5.75 Å². The second-order valence-corrected chi connectivity index (χ2v) is 5.47. The molecule has 2 aromatic rings. The molecule has 0 radical (unpaired) electrons. The number of cyclic esters (lactones) is 1. The van der Waals surface area contributed by atoms with Gasteiger partial charge in [0.25, 0.3) is 5.91 Å². The van der Waals surface area contributed by atoms with Crippen molar-refractivity contribution >= 4 is 23.9 Å². The topological polar surface area (TPSA) is 91.0 Å². The van der Waals surface area contributed by atoms with Gasteiger partial charge in [-0.3, -0.25) is 4.79 Å². The van der Waals surface area contributed by atoms with Gasteiger partial charge in [-0.25, -0.2) is 9.79 Å². The van der Waals surface area contributed by atoms with E-state index < -0.39 is 11.9 Å². The number of primary amides is 1. The molecule has 6 nitrogen and oxygen atoms in total. The molecule has 0 spiro atoms. The van der Waals surface area contributed by atoms with Crippen molar-refractivity contribution in [2.24, 2.45) is 10.7 Å². The van der Waals surface area contributed by atoms with Crippen molar-refractivity contribution in [3.05, 3.63) is 70.9 Å². The average molecular weight is 336 g/mol. The average Bonchev–Trinajstić information content (AvgIpc) is 2.95. The number of rotatable bonds is 5. The molecule has 25 heavy (non-hydrogen) atoms. The van der Waals surface area contributed by atoms with Crippen LogP contribution in [0.3, 0.4) is 0 Å². The smallest absolute Gasteiger partial charge is 0.363 e. The minimum atomic E-state index is -0.544. The Morgan fingerprint density at radius 2 is 1.92 bits per heavy atom. The summed E-state index contributed by atoms with van der Waals surface area (Å²) in [7, 11) is 0. The third-order valence-electron chi connectivity index (χ3n) is 3.56. The number of amides is 1. The summed E-state index contributed by atoms with van der Waals surface area (Å²) in [6, 6.07) is 14.4. The Bertz CT molecular complexity index is 883. The summed E-state index contributed by atoms with van der Waals surface area (Å²) in [6.45, 7) is 1.75. The molecule has 2 aromatic carbocycles.